The van der Waals surface area contributed by atoms with E-state index in [2.05, 4.69) is 10.3 Å². The van der Waals surface area contributed by atoms with Crippen LogP contribution in [0.3, 0.4) is 0 Å². The van der Waals surface area contributed by atoms with E-state index < -0.39 is 0 Å². The molecular weight excluding hydrogens is 246 g/mol. The number of hydrogen-bond acceptors (Lipinski definition) is 4. The minimum atomic E-state index is -0.308. The summed E-state index contributed by atoms with van der Waals surface area (Å²) >= 11 is 1.56. The zero-order valence-electron chi connectivity index (χ0n) is 9.80. The maximum absolute atomic E-state index is 11.4. The van der Waals surface area contributed by atoms with Crippen molar-refractivity contribution in [2.75, 3.05) is 5.32 Å². The van der Waals surface area contributed by atoms with Gasteiger partial charge < -0.3 is 5.32 Å². The molecular formula is C13H11N3OS. The summed E-state index contributed by atoms with van der Waals surface area (Å²) in [6, 6.07) is 9.26. The quantitative estimate of drug-likeness (QED) is 0.919. The number of amides is 1. The molecule has 0 saturated heterocycles. The third-order valence-corrected chi connectivity index (χ3v) is 3.11. The van der Waals surface area contributed by atoms with E-state index in [0.29, 0.717) is 5.69 Å². The summed E-state index contributed by atoms with van der Waals surface area (Å²) in [7, 11) is 0. The predicted octanol–water partition coefficient (Wildman–Crippen LogP) is 2.97. The molecule has 0 aliphatic heterocycles. The van der Waals surface area contributed by atoms with Crippen molar-refractivity contribution in [3.05, 3.63) is 34.7 Å². The van der Waals surface area contributed by atoms with Gasteiger partial charge in [-0.15, -0.1) is 11.3 Å². The molecule has 18 heavy (non-hydrogen) atoms. The van der Waals surface area contributed by atoms with Gasteiger partial charge in [0.05, 0.1) is 22.5 Å². The fourth-order valence-corrected chi connectivity index (χ4v) is 2.18. The number of nitriles is 1. The fraction of sp³-hybridized carbons (Fsp3) is 0.154. The van der Waals surface area contributed by atoms with Crippen LogP contribution < -0.4 is 5.32 Å². The van der Waals surface area contributed by atoms with Gasteiger partial charge >= 0.3 is 0 Å². The lowest BCUT2D eigenvalue weighted by Gasteiger charge is -2.07. The second-order valence-corrected chi connectivity index (χ2v) is 4.74. The smallest absolute Gasteiger partial charge is 0.238 e. The number of nitrogens with zero attached hydrogens (tertiary/aromatic N) is 2. The Balaban J connectivity index is 2.32. The van der Waals surface area contributed by atoms with E-state index >= 15 is 0 Å². The van der Waals surface area contributed by atoms with E-state index in [-0.39, 0.29) is 12.3 Å². The minimum Gasteiger partial charge on any atom is -0.325 e. The van der Waals surface area contributed by atoms with Crippen molar-refractivity contribution < 1.29 is 4.79 Å². The highest BCUT2D eigenvalue weighted by molar-refractivity contribution is 7.09. The Morgan fingerprint density at radius 2 is 2.28 bits per heavy atom. The summed E-state index contributed by atoms with van der Waals surface area (Å²) in [5.41, 5.74) is 2.39. The maximum atomic E-state index is 11.4. The monoisotopic (exact) mass is 257 g/mol. The number of anilines is 1. The molecule has 0 aliphatic carbocycles. The van der Waals surface area contributed by atoms with E-state index in [1.807, 2.05) is 36.6 Å². The molecule has 1 aromatic heterocycles. The van der Waals surface area contributed by atoms with Crippen LogP contribution in [0.1, 0.15) is 11.4 Å². The SMILES string of the molecule is Cc1nc(-c2ccccc2NC(=O)CC#N)cs1. The van der Waals surface area contributed by atoms with Crippen LogP contribution in [0.2, 0.25) is 0 Å². The lowest BCUT2D eigenvalue weighted by atomic mass is 10.1. The van der Waals surface area contributed by atoms with Gasteiger partial charge in [0.2, 0.25) is 5.91 Å². The lowest BCUT2D eigenvalue weighted by Crippen LogP contribution is -2.10. The average molecular weight is 257 g/mol. The number of benzene rings is 1. The first-order valence-electron chi connectivity index (χ1n) is 5.39. The van der Waals surface area contributed by atoms with Crippen molar-refractivity contribution in [2.24, 2.45) is 0 Å². The molecule has 0 bridgehead atoms. The normalized spacial score (nSPS) is 9.78. The molecule has 1 amide bonds. The summed E-state index contributed by atoms with van der Waals surface area (Å²) in [4.78, 5) is 15.8. The van der Waals surface area contributed by atoms with Gasteiger partial charge in [-0.2, -0.15) is 5.26 Å². The number of para-hydroxylation sites is 1. The Morgan fingerprint density at radius 3 is 2.94 bits per heavy atom. The predicted molar refractivity (Wildman–Crippen MR) is 71.1 cm³/mol. The summed E-state index contributed by atoms with van der Waals surface area (Å²) in [6.45, 7) is 1.94. The summed E-state index contributed by atoms with van der Waals surface area (Å²) in [5, 5.41) is 14.1. The van der Waals surface area contributed by atoms with Crippen LogP contribution in [0.5, 0.6) is 0 Å². The number of carbonyl (C=O) groups is 1. The molecule has 5 heteroatoms. The van der Waals surface area contributed by atoms with Crippen LogP contribution in [-0.2, 0) is 4.79 Å². The molecule has 1 heterocycles. The number of hydrogen-bond donors (Lipinski definition) is 1. The Hall–Kier alpha value is -2.19. The first-order valence-corrected chi connectivity index (χ1v) is 6.27. The number of aryl methyl sites for hydroxylation is 1. The van der Waals surface area contributed by atoms with Gasteiger partial charge in [0.15, 0.2) is 0 Å². The Kier molecular flexibility index (Phi) is 3.70. The van der Waals surface area contributed by atoms with Gasteiger partial charge in [0.25, 0.3) is 0 Å². The van der Waals surface area contributed by atoms with E-state index in [9.17, 15) is 4.79 Å². The number of aromatic nitrogens is 1. The van der Waals surface area contributed by atoms with Gasteiger partial charge in [-0.1, -0.05) is 18.2 Å². The minimum absolute atomic E-state index is 0.148. The Morgan fingerprint density at radius 1 is 1.50 bits per heavy atom. The van der Waals surface area contributed by atoms with E-state index in [0.717, 1.165) is 16.3 Å². The molecule has 0 unspecified atom stereocenters. The molecule has 0 spiro atoms. The zero-order valence-corrected chi connectivity index (χ0v) is 10.6. The molecule has 0 fully saturated rings. The highest BCUT2D eigenvalue weighted by atomic mass is 32.1. The second kappa shape index (κ2) is 5.43. The van der Waals surface area contributed by atoms with Crippen LogP contribution in [0.25, 0.3) is 11.3 Å². The van der Waals surface area contributed by atoms with Crippen molar-refractivity contribution in [1.29, 1.82) is 5.26 Å². The third-order valence-electron chi connectivity index (χ3n) is 2.34. The van der Waals surface area contributed by atoms with E-state index in [4.69, 9.17) is 5.26 Å². The highest BCUT2D eigenvalue weighted by Gasteiger charge is 2.09. The van der Waals surface area contributed by atoms with Crippen molar-refractivity contribution in [2.45, 2.75) is 13.3 Å². The Bertz CT molecular complexity index is 613. The topological polar surface area (TPSA) is 65.8 Å². The fourth-order valence-electron chi connectivity index (χ4n) is 1.57. The first kappa shape index (κ1) is 12.3. The van der Waals surface area contributed by atoms with Gasteiger partial charge in [-0.3, -0.25) is 4.79 Å². The Labute approximate surface area is 109 Å². The van der Waals surface area contributed by atoms with Crippen LogP contribution >= 0.6 is 11.3 Å². The van der Waals surface area contributed by atoms with Crippen molar-refractivity contribution in [3.8, 4) is 17.3 Å². The first-order chi connectivity index (χ1) is 8.70. The van der Waals surface area contributed by atoms with Gasteiger partial charge in [-0.05, 0) is 13.0 Å². The second-order valence-electron chi connectivity index (χ2n) is 3.68. The largest absolute Gasteiger partial charge is 0.325 e. The van der Waals surface area contributed by atoms with Gasteiger partial charge in [0, 0.05) is 10.9 Å². The van der Waals surface area contributed by atoms with E-state index in [1.54, 1.807) is 17.4 Å². The van der Waals surface area contributed by atoms with Gasteiger partial charge in [-0.25, -0.2) is 4.98 Å². The van der Waals surface area contributed by atoms with Crippen LogP contribution in [0.15, 0.2) is 29.6 Å². The molecule has 1 N–H and O–H groups in total. The van der Waals surface area contributed by atoms with Gasteiger partial charge in [0.1, 0.15) is 6.42 Å². The van der Waals surface area contributed by atoms with Crippen LogP contribution in [0, 0.1) is 18.3 Å². The van der Waals surface area contributed by atoms with Crippen LogP contribution in [-0.4, -0.2) is 10.9 Å². The molecule has 0 saturated carbocycles. The molecule has 0 radical (unpaired) electrons. The van der Waals surface area contributed by atoms with Crippen LogP contribution in [0.4, 0.5) is 5.69 Å². The van der Waals surface area contributed by atoms with Crippen molar-refractivity contribution >= 4 is 22.9 Å². The molecule has 1 aromatic carbocycles. The molecule has 0 aliphatic rings. The van der Waals surface area contributed by atoms with Crippen molar-refractivity contribution in [1.82, 2.24) is 4.98 Å². The molecule has 2 aromatic rings. The summed E-state index contributed by atoms with van der Waals surface area (Å²) < 4.78 is 0. The van der Waals surface area contributed by atoms with E-state index in [1.165, 1.54) is 0 Å². The average Bonchev–Trinajstić information content (AvgIpc) is 2.77. The summed E-state index contributed by atoms with van der Waals surface area (Å²) in [6.07, 6.45) is -0.148. The molecule has 0 atom stereocenters. The summed E-state index contributed by atoms with van der Waals surface area (Å²) in [5.74, 6) is -0.308. The number of rotatable bonds is 3. The molecule has 90 valence electrons. The lowest BCUT2D eigenvalue weighted by molar-refractivity contribution is -0.115. The zero-order chi connectivity index (χ0) is 13.0. The number of carbonyl (C=O) groups excluding carboxylic acids is 1. The molecule has 4 nitrogen and oxygen atoms in total. The maximum Gasteiger partial charge on any atom is 0.238 e. The number of nitrogens with one attached hydrogen (secondary N) is 1. The molecule has 2 rings (SSSR count). The third kappa shape index (κ3) is 2.73. The number of thiazole rings is 1. The highest BCUT2D eigenvalue weighted by Crippen LogP contribution is 2.28. The standard InChI is InChI=1S/C13H11N3OS/c1-9-15-12(8-18-9)10-4-2-3-5-11(10)16-13(17)6-7-14/h2-5,8H,6H2,1H3,(H,16,17). The van der Waals surface area contributed by atoms with Crippen molar-refractivity contribution in [3.63, 3.8) is 0 Å².